The largest absolute Gasteiger partial charge is 0.467 e. The van der Waals surface area contributed by atoms with E-state index in [9.17, 15) is 18.0 Å². The van der Waals surface area contributed by atoms with Crippen molar-refractivity contribution in [3.63, 3.8) is 0 Å². The van der Waals surface area contributed by atoms with Crippen molar-refractivity contribution in [2.24, 2.45) is 0 Å². The smallest absolute Gasteiger partial charge is 0.321 e. The minimum Gasteiger partial charge on any atom is -0.467 e. The van der Waals surface area contributed by atoms with Crippen LogP contribution in [0.25, 0.3) is 0 Å². The summed E-state index contributed by atoms with van der Waals surface area (Å²) in [7, 11) is -2.30. The highest BCUT2D eigenvalue weighted by molar-refractivity contribution is 7.89. The molecule has 1 aromatic carbocycles. The highest BCUT2D eigenvalue weighted by atomic mass is 32.2. The molecule has 0 fully saturated rings. The summed E-state index contributed by atoms with van der Waals surface area (Å²) in [6.45, 7) is 2.86. The first-order valence-corrected chi connectivity index (χ1v) is 9.66. The van der Waals surface area contributed by atoms with Crippen molar-refractivity contribution in [2.75, 3.05) is 20.2 Å². The summed E-state index contributed by atoms with van der Waals surface area (Å²) in [5, 5.41) is 0. The molecule has 0 atom stereocenters. The number of ether oxygens (including phenoxy) is 1. The number of carbonyl (C=O) groups excluding carboxylic acids is 2. The van der Waals surface area contributed by atoms with Crippen molar-refractivity contribution < 1.29 is 27.2 Å². The standard InChI is InChI=1S/C18H22N2O6S/c1-13-6-7-16(9-14(13)2)27(23,24)19-10-18(22)26-12-17(21)20(3)11-15-5-4-8-25-15/h4-9,19H,10-12H2,1-3H3. The Kier molecular flexibility index (Phi) is 6.75. The van der Waals surface area contributed by atoms with E-state index in [4.69, 9.17) is 9.15 Å². The van der Waals surface area contributed by atoms with E-state index in [0.29, 0.717) is 5.76 Å². The third-order valence-corrected chi connectivity index (χ3v) is 5.35. The molecule has 0 aliphatic heterocycles. The highest BCUT2D eigenvalue weighted by Crippen LogP contribution is 2.14. The molecule has 0 spiro atoms. The number of furan rings is 1. The van der Waals surface area contributed by atoms with E-state index in [2.05, 4.69) is 4.72 Å². The van der Waals surface area contributed by atoms with Crippen molar-refractivity contribution in [3.8, 4) is 0 Å². The first-order chi connectivity index (χ1) is 12.7. The van der Waals surface area contributed by atoms with E-state index >= 15 is 0 Å². The van der Waals surface area contributed by atoms with Crippen LogP contribution in [-0.2, 0) is 30.9 Å². The fourth-order valence-electron chi connectivity index (χ4n) is 2.15. The topological polar surface area (TPSA) is 106 Å². The van der Waals surface area contributed by atoms with Gasteiger partial charge in [-0.1, -0.05) is 6.07 Å². The van der Waals surface area contributed by atoms with Crippen molar-refractivity contribution >= 4 is 21.9 Å². The number of rotatable bonds is 8. The predicted octanol–water partition coefficient (Wildman–Crippen LogP) is 1.38. The van der Waals surface area contributed by atoms with Crippen LogP contribution in [-0.4, -0.2) is 45.4 Å². The second-order valence-corrected chi connectivity index (χ2v) is 7.83. The molecular formula is C18H22N2O6S. The zero-order valence-corrected chi connectivity index (χ0v) is 16.2. The summed E-state index contributed by atoms with van der Waals surface area (Å²) in [5.74, 6) is -0.683. The van der Waals surface area contributed by atoms with Gasteiger partial charge < -0.3 is 14.1 Å². The summed E-state index contributed by atoms with van der Waals surface area (Å²) in [5.41, 5.74) is 1.79. The Morgan fingerprint density at radius 2 is 1.93 bits per heavy atom. The van der Waals surface area contributed by atoms with Crippen molar-refractivity contribution in [1.29, 1.82) is 0 Å². The number of nitrogens with one attached hydrogen (secondary N) is 1. The molecule has 0 unspecified atom stereocenters. The lowest BCUT2D eigenvalue weighted by Gasteiger charge is -2.15. The van der Waals surface area contributed by atoms with Gasteiger partial charge in [-0.2, -0.15) is 4.72 Å². The number of hydrogen-bond donors (Lipinski definition) is 1. The van der Waals surface area contributed by atoms with Crippen LogP contribution < -0.4 is 4.72 Å². The minimum absolute atomic E-state index is 0.0626. The molecule has 2 rings (SSSR count). The van der Waals surface area contributed by atoms with E-state index in [0.717, 1.165) is 11.1 Å². The van der Waals surface area contributed by atoms with Crippen LogP contribution in [0.4, 0.5) is 0 Å². The Balaban J connectivity index is 1.81. The maximum atomic E-state index is 12.2. The van der Waals surface area contributed by atoms with Crippen molar-refractivity contribution in [1.82, 2.24) is 9.62 Å². The second-order valence-electron chi connectivity index (χ2n) is 6.06. The zero-order valence-electron chi connectivity index (χ0n) is 15.4. The zero-order chi connectivity index (χ0) is 20.0. The van der Waals surface area contributed by atoms with E-state index in [-0.39, 0.29) is 11.4 Å². The quantitative estimate of drug-likeness (QED) is 0.678. The minimum atomic E-state index is -3.84. The van der Waals surface area contributed by atoms with Crippen molar-refractivity contribution in [3.05, 3.63) is 53.5 Å². The van der Waals surface area contributed by atoms with Gasteiger partial charge in [0, 0.05) is 7.05 Å². The third kappa shape index (κ3) is 5.93. The molecule has 0 radical (unpaired) electrons. The van der Waals surface area contributed by atoms with Gasteiger partial charge in [0.05, 0.1) is 17.7 Å². The van der Waals surface area contributed by atoms with Gasteiger partial charge in [0.1, 0.15) is 12.3 Å². The average molecular weight is 394 g/mol. The van der Waals surface area contributed by atoms with Crippen LogP contribution in [0.2, 0.25) is 0 Å². The fourth-order valence-corrected chi connectivity index (χ4v) is 3.20. The molecule has 1 amide bonds. The number of nitrogens with zero attached hydrogens (tertiary/aromatic N) is 1. The van der Waals surface area contributed by atoms with Crippen LogP contribution in [0.5, 0.6) is 0 Å². The van der Waals surface area contributed by atoms with Gasteiger partial charge >= 0.3 is 5.97 Å². The number of sulfonamides is 1. The van der Waals surface area contributed by atoms with Crippen LogP contribution in [0.15, 0.2) is 45.9 Å². The summed E-state index contributed by atoms with van der Waals surface area (Å²) in [6, 6.07) is 8.10. The molecule has 27 heavy (non-hydrogen) atoms. The Morgan fingerprint density at radius 1 is 1.19 bits per heavy atom. The fraction of sp³-hybridized carbons (Fsp3) is 0.333. The lowest BCUT2D eigenvalue weighted by Crippen LogP contribution is -2.34. The molecule has 0 aliphatic carbocycles. The molecule has 1 N–H and O–H groups in total. The van der Waals surface area contributed by atoms with E-state index in [1.54, 1.807) is 32.2 Å². The number of benzene rings is 1. The molecular weight excluding hydrogens is 372 g/mol. The van der Waals surface area contributed by atoms with E-state index < -0.39 is 35.1 Å². The maximum Gasteiger partial charge on any atom is 0.321 e. The lowest BCUT2D eigenvalue weighted by molar-refractivity contribution is -0.150. The SMILES string of the molecule is Cc1ccc(S(=O)(=O)NCC(=O)OCC(=O)N(C)Cc2ccco2)cc1C. The molecule has 146 valence electrons. The predicted molar refractivity (Wildman–Crippen MR) is 97.2 cm³/mol. The number of hydrogen-bond acceptors (Lipinski definition) is 6. The molecule has 2 aromatic rings. The molecule has 0 aliphatic rings. The Hall–Kier alpha value is -2.65. The van der Waals surface area contributed by atoms with E-state index in [1.165, 1.54) is 23.3 Å². The summed E-state index contributed by atoms with van der Waals surface area (Å²) < 4.78 is 36.6. The number of likely N-dealkylation sites (N-methyl/N-ethyl adjacent to an activating group) is 1. The molecule has 0 saturated heterocycles. The van der Waals surface area contributed by atoms with Crippen LogP contribution in [0.3, 0.4) is 0 Å². The van der Waals surface area contributed by atoms with Gasteiger partial charge in [0.15, 0.2) is 6.61 Å². The molecule has 9 heteroatoms. The molecule has 0 bridgehead atoms. The van der Waals surface area contributed by atoms with Gasteiger partial charge in [-0.15, -0.1) is 0 Å². The molecule has 0 saturated carbocycles. The van der Waals surface area contributed by atoms with Gasteiger partial charge in [-0.05, 0) is 49.2 Å². The Bertz CT molecular complexity index is 906. The molecule has 8 nitrogen and oxygen atoms in total. The normalized spacial score (nSPS) is 11.2. The number of esters is 1. The monoisotopic (exact) mass is 394 g/mol. The van der Waals surface area contributed by atoms with E-state index in [1.807, 2.05) is 6.92 Å². The maximum absolute atomic E-state index is 12.2. The highest BCUT2D eigenvalue weighted by Gasteiger charge is 2.18. The third-order valence-electron chi connectivity index (χ3n) is 3.95. The molecule has 1 aromatic heterocycles. The van der Waals surface area contributed by atoms with Crippen molar-refractivity contribution in [2.45, 2.75) is 25.3 Å². The summed E-state index contributed by atoms with van der Waals surface area (Å²) in [4.78, 5) is 25.1. The van der Waals surface area contributed by atoms with Gasteiger partial charge in [0.25, 0.3) is 5.91 Å². The lowest BCUT2D eigenvalue weighted by atomic mass is 10.1. The number of carbonyl (C=O) groups is 2. The first kappa shape index (κ1) is 20.7. The van der Waals surface area contributed by atoms with Crippen LogP contribution >= 0.6 is 0 Å². The van der Waals surface area contributed by atoms with Gasteiger partial charge in [-0.25, -0.2) is 8.42 Å². The summed E-state index contributed by atoms with van der Waals surface area (Å²) in [6.07, 6.45) is 1.50. The Labute approximate surface area is 158 Å². The average Bonchev–Trinajstić information content (AvgIpc) is 3.13. The van der Waals surface area contributed by atoms with Gasteiger partial charge in [-0.3, -0.25) is 9.59 Å². The van der Waals surface area contributed by atoms with Gasteiger partial charge in [0.2, 0.25) is 10.0 Å². The van der Waals surface area contributed by atoms with Crippen LogP contribution in [0.1, 0.15) is 16.9 Å². The molecule has 1 heterocycles. The number of aryl methyl sites for hydroxylation is 2. The van der Waals surface area contributed by atoms with Crippen LogP contribution in [0, 0.1) is 13.8 Å². The number of amides is 1. The Morgan fingerprint density at radius 3 is 2.56 bits per heavy atom. The summed E-state index contributed by atoms with van der Waals surface area (Å²) >= 11 is 0. The first-order valence-electron chi connectivity index (χ1n) is 8.18. The second kappa shape index (κ2) is 8.83.